The van der Waals surface area contributed by atoms with Crippen molar-refractivity contribution in [1.82, 2.24) is 20.4 Å². The van der Waals surface area contributed by atoms with Crippen molar-refractivity contribution in [2.75, 3.05) is 12.3 Å². The highest BCUT2D eigenvalue weighted by atomic mass is 32.2. The van der Waals surface area contributed by atoms with Crippen LogP contribution in [0.1, 0.15) is 17.8 Å². The topological polar surface area (TPSA) is 59.0 Å². The summed E-state index contributed by atoms with van der Waals surface area (Å²) < 4.78 is 1.78. The predicted octanol–water partition coefficient (Wildman–Crippen LogP) is 2.71. The maximum atomic E-state index is 11.7. The van der Waals surface area contributed by atoms with Gasteiger partial charge in [0.05, 0.1) is 17.9 Å². The Bertz CT molecular complexity index is 597. The first-order valence-corrected chi connectivity index (χ1v) is 8.33. The number of thioether (sulfide) groups is 1. The van der Waals surface area contributed by atoms with Crippen LogP contribution in [-0.4, -0.2) is 28.1 Å². The van der Waals surface area contributed by atoms with Crippen LogP contribution < -0.4 is 10.6 Å². The molecule has 0 saturated carbocycles. The molecule has 1 heterocycles. The van der Waals surface area contributed by atoms with E-state index < -0.39 is 0 Å². The Balaban J connectivity index is 1.57. The molecule has 0 unspecified atom stereocenters. The van der Waals surface area contributed by atoms with Gasteiger partial charge in [0.1, 0.15) is 0 Å². The molecule has 2 amide bonds. The van der Waals surface area contributed by atoms with Crippen molar-refractivity contribution in [3.8, 4) is 0 Å². The van der Waals surface area contributed by atoms with E-state index in [0.717, 1.165) is 23.6 Å². The van der Waals surface area contributed by atoms with E-state index in [2.05, 4.69) is 27.9 Å². The lowest BCUT2D eigenvalue weighted by molar-refractivity contribution is 0.240. The number of nitrogens with zero attached hydrogens (tertiary/aromatic N) is 2. The molecule has 118 valence electrons. The molecule has 0 atom stereocenters. The van der Waals surface area contributed by atoms with Crippen molar-refractivity contribution in [3.63, 3.8) is 0 Å². The molecule has 0 aliphatic heterocycles. The summed E-state index contributed by atoms with van der Waals surface area (Å²) in [5.74, 6) is 0.991. The molecule has 1 aromatic heterocycles. The first kappa shape index (κ1) is 16.4. The number of benzene rings is 1. The van der Waals surface area contributed by atoms with Crippen molar-refractivity contribution in [2.24, 2.45) is 7.05 Å². The van der Waals surface area contributed by atoms with E-state index >= 15 is 0 Å². The van der Waals surface area contributed by atoms with Gasteiger partial charge in [0.25, 0.3) is 0 Å². The molecule has 0 bridgehead atoms. The second kappa shape index (κ2) is 8.48. The second-order valence-electron chi connectivity index (χ2n) is 5.03. The van der Waals surface area contributed by atoms with E-state index in [1.807, 2.05) is 38.2 Å². The van der Waals surface area contributed by atoms with E-state index in [0.29, 0.717) is 13.1 Å². The summed E-state index contributed by atoms with van der Waals surface area (Å²) in [6, 6.07) is 12.1. The molecular formula is C16H22N4OS. The third kappa shape index (κ3) is 5.44. The number of rotatable bonds is 7. The van der Waals surface area contributed by atoms with Gasteiger partial charge in [-0.25, -0.2) is 4.79 Å². The molecule has 6 heteroatoms. The number of hydrogen-bond donors (Lipinski definition) is 2. The number of nitrogens with one attached hydrogen (secondary N) is 2. The Morgan fingerprint density at radius 1 is 1.27 bits per heavy atom. The monoisotopic (exact) mass is 318 g/mol. The summed E-state index contributed by atoms with van der Waals surface area (Å²) >= 11 is 1.80. The van der Waals surface area contributed by atoms with Gasteiger partial charge in [0.2, 0.25) is 0 Å². The van der Waals surface area contributed by atoms with E-state index in [9.17, 15) is 4.79 Å². The number of aryl methyl sites for hydroxylation is 2. The lowest BCUT2D eigenvalue weighted by atomic mass is 10.3. The van der Waals surface area contributed by atoms with Gasteiger partial charge >= 0.3 is 6.03 Å². The Hall–Kier alpha value is -1.95. The lowest BCUT2D eigenvalue weighted by Gasteiger charge is -2.07. The highest BCUT2D eigenvalue weighted by Crippen LogP contribution is 2.17. The summed E-state index contributed by atoms with van der Waals surface area (Å²) in [4.78, 5) is 13.0. The molecule has 0 radical (unpaired) electrons. The highest BCUT2D eigenvalue weighted by molar-refractivity contribution is 7.99. The number of urea groups is 1. The smallest absolute Gasteiger partial charge is 0.315 e. The Kier molecular flexibility index (Phi) is 6.33. The van der Waals surface area contributed by atoms with E-state index in [1.54, 1.807) is 16.4 Å². The third-order valence-corrected chi connectivity index (χ3v) is 4.25. The van der Waals surface area contributed by atoms with Crippen LogP contribution in [0.3, 0.4) is 0 Å². The molecule has 22 heavy (non-hydrogen) atoms. The minimum absolute atomic E-state index is 0.136. The van der Waals surface area contributed by atoms with Crippen molar-refractivity contribution in [1.29, 1.82) is 0 Å². The minimum atomic E-state index is -0.136. The van der Waals surface area contributed by atoms with Crippen molar-refractivity contribution in [3.05, 3.63) is 47.8 Å². The van der Waals surface area contributed by atoms with Gasteiger partial charge in [0, 0.05) is 18.5 Å². The van der Waals surface area contributed by atoms with Crippen LogP contribution in [0.4, 0.5) is 4.79 Å². The largest absolute Gasteiger partial charge is 0.338 e. The van der Waals surface area contributed by atoms with Gasteiger partial charge in [-0.3, -0.25) is 4.68 Å². The number of aromatic nitrogens is 2. The summed E-state index contributed by atoms with van der Waals surface area (Å²) in [5, 5.41) is 9.96. The van der Waals surface area contributed by atoms with Crippen LogP contribution in [0.2, 0.25) is 0 Å². The molecule has 0 fully saturated rings. The molecule has 2 N–H and O–H groups in total. The van der Waals surface area contributed by atoms with Gasteiger partial charge in [-0.2, -0.15) is 5.10 Å². The van der Waals surface area contributed by atoms with Gasteiger partial charge in [-0.1, -0.05) is 18.2 Å². The van der Waals surface area contributed by atoms with Gasteiger partial charge in [0.15, 0.2) is 0 Å². The van der Waals surface area contributed by atoms with Gasteiger partial charge < -0.3 is 10.6 Å². The molecule has 2 rings (SSSR count). The SMILES string of the molecule is Cc1cc(CNC(=O)NCCCSc2ccccc2)n(C)n1. The molecular weight excluding hydrogens is 296 g/mol. The fourth-order valence-corrected chi connectivity index (χ4v) is 2.92. The molecule has 0 aliphatic carbocycles. The molecule has 0 spiro atoms. The highest BCUT2D eigenvalue weighted by Gasteiger charge is 2.04. The van der Waals surface area contributed by atoms with E-state index in [1.165, 1.54) is 4.90 Å². The molecule has 0 aliphatic rings. The number of carbonyl (C=O) groups excluding carboxylic acids is 1. The zero-order valence-electron chi connectivity index (χ0n) is 13.0. The number of amides is 2. The average Bonchev–Trinajstić information content (AvgIpc) is 2.84. The van der Waals surface area contributed by atoms with E-state index in [-0.39, 0.29) is 6.03 Å². The van der Waals surface area contributed by atoms with Crippen molar-refractivity contribution < 1.29 is 4.79 Å². The molecule has 5 nitrogen and oxygen atoms in total. The van der Waals surface area contributed by atoms with Gasteiger partial charge in [-0.05, 0) is 37.3 Å². The summed E-state index contributed by atoms with van der Waals surface area (Å²) in [7, 11) is 1.88. The van der Waals surface area contributed by atoms with E-state index in [4.69, 9.17) is 0 Å². The summed E-state index contributed by atoms with van der Waals surface area (Å²) in [6.07, 6.45) is 0.942. The van der Waals surface area contributed by atoms with Crippen LogP contribution in [0.15, 0.2) is 41.3 Å². The van der Waals surface area contributed by atoms with Crippen LogP contribution in [-0.2, 0) is 13.6 Å². The standard InChI is InChI=1S/C16H22N4OS/c1-13-11-14(20(2)19-13)12-18-16(21)17-9-6-10-22-15-7-4-3-5-8-15/h3-5,7-8,11H,6,9-10,12H2,1-2H3,(H2,17,18,21). The predicted molar refractivity (Wildman–Crippen MR) is 90.0 cm³/mol. The van der Waals surface area contributed by atoms with Crippen LogP contribution in [0.5, 0.6) is 0 Å². The van der Waals surface area contributed by atoms with Crippen molar-refractivity contribution in [2.45, 2.75) is 24.8 Å². The summed E-state index contributed by atoms with van der Waals surface area (Å²) in [5.41, 5.74) is 1.95. The minimum Gasteiger partial charge on any atom is -0.338 e. The quantitative estimate of drug-likeness (QED) is 0.609. The fourth-order valence-electron chi connectivity index (χ4n) is 2.04. The lowest BCUT2D eigenvalue weighted by Crippen LogP contribution is -2.36. The second-order valence-corrected chi connectivity index (χ2v) is 6.19. The Morgan fingerprint density at radius 3 is 2.73 bits per heavy atom. The average molecular weight is 318 g/mol. The maximum Gasteiger partial charge on any atom is 0.315 e. The van der Waals surface area contributed by atoms with Crippen LogP contribution in [0, 0.1) is 6.92 Å². The molecule has 2 aromatic rings. The first-order valence-electron chi connectivity index (χ1n) is 7.34. The number of hydrogen-bond acceptors (Lipinski definition) is 3. The zero-order chi connectivity index (χ0) is 15.8. The maximum absolute atomic E-state index is 11.7. The third-order valence-electron chi connectivity index (χ3n) is 3.15. The van der Waals surface area contributed by atoms with Crippen LogP contribution >= 0.6 is 11.8 Å². The fraction of sp³-hybridized carbons (Fsp3) is 0.375. The Labute approximate surface area is 135 Å². The van der Waals surface area contributed by atoms with Crippen molar-refractivity contribution >= 4 is 17.8 Å². The molecule has 0 saturated heterocycles. The zero-order valence-corrected chi connectivity index (χ0v) is 13.8. The Morgan fingerprint density at radius 2 is 2.05 bits per heavy atom. The molecule has 1 aromatic carbocycles. The first-order chi connectivity index (χ1) is 10.6. The normalized spacial score (nSPS) is 10.5. The van der Waals surface area contributed by atoms with Crippen LogP contribution in [0.25, 0.3) is 0 Å². The summed E-state index contributed by atoms with van der Waals surface area (Å²) in [6.45, 7) is 3.10. The number of carbonyl (C=O) groups is 1. The van der Waals surface area contributed by atoms with Gasteiger partial charge in [-0.15, -0.1) is 11.8 Å².